The van der Waals surface area contributed by atoms with E-state index in [1.54, 1.807) is 24.5 Å². The van der Waals surface area contributed by atoms with E-state index >= 15 is 0 Å². The van der Waals surface area contributed by atoms with E-state index < -0.39 is 30.0 Å². The molecular formula is C24H24ClNO4S. The molecule has 0 radical (unpaired) electrons. The van der Waals surface area contributed by atoms with Crippen LogP contribution in [0.4, 0.5) is 0 Å². The summed E-state index contributed by atoms with van der Waals surface area (Å²) < 4.78 is 6.15. The van der Waals surface area contributed by atoms with Crippen LogP contribution in [0.25, 0.3) is 10.6 Å². The summed E-state index contributed by atoms with van der Waals surface area (Å²) in [4.78, 5) is 6.67. The molecule has 0 saturated carbocycles. The second kappa shape index (κ2) is 7.96. The van der Waals surface area contributed by atoms with Crippen molar-refractivity contribution in [3.8, 4) is 10.6 Å². The van der Waals surface area contributed by atoms with Crippen LogP contribution in [0, 0.1) is 0 Å². The second-order valence-electron chi connectivity index (χ2n) is 8.40. The van der Waals surface area contributed by atoms with E-state index in [0.717, 1.165) is 32.1 Å². The third kappa shape index (κ3) is 3.52. The molecule has 162 valence electrons. The number of hydrogen-bond donors (Lipinski definition) is 3. The van der Waals surface area contributed by atoms with Crippen LogP contribution in [-0.4, -0.2) is 44.7 Å². The summed E-state index contributed by atoms with van der Waals surface area (Å²) in [6.07, 6.45) is -0.484. The Balaban J connectivity index is 1.48. The fraction of sp³-hybridized carbons (Fsp3) is 0.375. The molecule has 1 aliphatic carbocycles. The van der Waals surface area contributed by atoms with Crippen LogP contribution in [0.2, 0.25) is 5.02 Å². The van der Waals surface area contributed by atoms with Crippen LogP contribution in [0.3, 0.4) is 0 Å². The largest absolute Gasteiger partial charge is 0.388 e. The van der Waals surface area contributed by atoms with Crippen molar-refractivity contribution in [1.82, 2.24) is 4.98 Å². The van der Waals surface area contributed by atoms with Crippen LogP contribution >= 0.6 is 22.9 Å². The van der Waals surface area contributed by atoms with Crippen molar-refractivity contribution in [2.45, 2.75) is 56.2 Å². The Morgan fingerprint density at radius 1 is 1.16 bits per heavy atom. The molecule has 1 spiro atoms. The fourth-order valence-electron chi connectivity index (χ4n) is 4.80. The Kier molecular flexibility index (Phi) is 5.41. The standard InChI is InChI=1S/C24H24ClNO4S/c1-13-21(27)22(28)23(29)24(30-13)8-7-14-12-18(25)15(11-17(14)24)10-16-5-6-20(31-16)19-4-2-3-9-26-19/h2-6,9,11-13,21-23,27-29H,7-8,10H2,1H3/t13-,21-,22+,23-,24+/m1/s1. The quantitative estimate of drug-likeness (QED) is 0.558. The van der Waals surface area contributed by atoms with E-state index in [0.29, 0.717) is 24.3 Å². The molecule has 0 bridgehead atoms. The molecule has 1 aliphatic heterocycles. The van der Waals surface area contributed by atoms with Crippen molar-refractivity contribution < 1.29 is 20.1 Å². The number of ether oxygens (including phenoxy) is 1. The van der Waals surface area contributed by atoms with Crippen LogP contribution in [-0.2, 0) is 23.2 Å². The van der Waals surface area contributed by atoms with Gasteiger partial charge in [0, 0.05) is 22.5 Å². The molecule has 3 aromatic rings. The van der Waals surface area contributed by atoms with E-state index in [1.807, 2.05) is 30.3 Å². The van der Waals surface area contributed by atoms with Gasteiger partial charge in [-0.1, -0.05) is 23.7 Å². The van der Waals surface area contributed by atoms with Crippen molar-refractivity contribution in [3.05, 3.63) is 75.3 Å². The fourth-order valence-corrected chi connectivity index (χ4v) is 6.06. The molecule has 5 nitrogen and oxygen atoms in total. The summed E-state index contributed by atoms with van der Waals surface area (Å²) in [5.74, 6) is 0. The summed E-state index contributed by atoms with van der Waals surface area (Å²) in [5, 5.41) is 32.1. The van der Waals surface area contributed by atoms with Gasteiger partial charge in [-0.3, -0.25) is 4.98 Å². The first-order chi connectivity index (χ1) is 14.9. The molecule has 5 rings (SSSR count). The van der Waals surface area contributed by atoms with Gasteiger partial charge in [-0.05, 0) is 66.8 Å². The lowest BCUT2D eigenvalue weighted by atomic mass is 9.80. The lowest BCUT2D eigenvalue weighted by Gasteiger charge is -2.47. The SMILES string of the molecule is C[C@H]1O[C@]2(CCc3cc(Cl)c(Cc4ccc(-c5ccccn5)s4)cc32)[C@H](O)[C@@H](O)[C@@H]1O. The van der Waals surface area contributed by atoms with Crippen LogP contribution < -0.4 is 0 Å². The van der Waals surface area contributed by atoms with Gasteiger partial charge in [0.15, 0.2) is 0 Å². The average molecular weight is 458 g/mol. The normalized spacial score (nSPS) is 30.0. The summed E-state index contributed by atoms with van der Waals surface area (Å²) in [7, 11) is 0. The second-order valence-corrected chi connectivity index (χ2v) is 9.97. The number of aliphatic hydroxyl groups excluding tert-OH is 3. The predicted molar refractivity (Wildman–Crippen MR) is 120 cm³/mol. The highest BCUT2D eigenvalue weighted by atomic mass is 35.5. The molecule has 3 heterocycles. The monoisotopic (exact) mass is 457 g/mol. The molecule has 0 amide bonds. The molecule has 7 heteroatoms. The van der Waals surface area contributed by atoms with E-state index in [1.165, 1.54) is 0 Å². The zero-order valence-electron chi connectivity index (χ0n) is 17.0. The van der Waals surface area contributed by atoms with Gasteiger partial charge in [0.2, 0.25) is 0 Å². The highest BCUT2D eigenvalue weighted by Gasteiger charge is 2.55. The van der Waals surface area contributed by atoms with Crippen molar-refractivity contribution in [1.29, 1.82) is 0 Å². The third-order valence-electron chi connectivity index (χ3n) is 6.47. The minimum absolute atomic E-state index is 0.542. The number of aromatic nitrogens is 1. The smallest absolute Gasteiger partial charge is 0.123 e. The van der Waals surface area contributed by atoms with E-state index in [2.05, 4.69) is 17.1 Å². The lowest BCUT2D eigenvalue weighted by Crippen LogP contribution is -2.61. The Morgan fingerprint density at radius 2 is 2.00 bits per heavy atom. The molecule has 31 heavy (non-hydrogen) atoms. The molecule has 2 aromatic heterocycles. The van der Waals surface area contributed by atoms with Gasteiger partial charge in [-0.2, -0.15) is 0 Å². The molecule has 3 N–H and O–H groups in total. The molecule has 5 atom stereocenters. The van der Waals surface area contributed by atoms with Crippen molar-refractivity contribution >= 4 is 22.9 Å². The average Bonchev–Trinajstić information content (AvgIpc) is 3.38. The van der Waals surface area contributed by atoms with E-state index in [9.17, 15) is 15.3 Å². The van der Waals surface area contributed by atoms with Gasteiger partial charge in [0.05, 0.1) is 16.7 Å². The number of fused-ring (bicyclic) bond motifs is 2. The maximum atomic E-state index is 10.9. The number of nitrogens with zero attached hydrogens (tertiary/aromatic N) is 1. The highest BCUT2D eigenvalue weighted by Crippen LogP contribution is 2.49. The number of aryl methyl sites for hydroxylation is 1. The predicted octanol–water partition coefficient (Wildman–Crippen LogP) is 3.70. The Labute approximate surface area is 189 Å². The lowest BCUT2D eigenvalue weighted by molar-refractivity contribution is -0.268. The van der Waals surface area contributed by atoms with Gasteiger partial charge < -0.3 is 20.1 Å². The molecule has 0 unspecified atom stereocenters. The summed E-state index contributed by atoms with van der Waals surface area (Å²) in [5.41, 5.74) is 2.74. The Bertz CT molecular complexity index is 1100. The van der Waals surface area contributed by atoms with Crippen LogP contribution in [0.1, 0.15) is 34.9 Å². The summed E-state index contributed by atoms with van der Waals surface area (Å²) in [6.45, 7) is 1.72. The number of hydrogen-bond acceptors (Lipinski definition) is 6. The number of halogens is 1. The van der Waals surface area contributed by atoms with Crippen molar-refractivity contribution in [2.24, 2.45) is 0 Å². The maximum absolute atomic E-state index is 10.9. The highest BCUT2D eigenvalue weighted by molar-refractivity contribution is 7.15. The van der Waals surface area contributed by atoms with E-state index in [-0.39, 0.29) is 0 Å². The molecular weight excluding hydrogens is 434 g/mol. The number of rotatable bonds is 3. The number of aliphatic hydroxyl groups is 3. The van der Waals surface area contributed by atoms with E-state index in [4.69, 9.17) is 16.3 Å². The van der Waals surface area contributed by atoms with Crippen molar-refractivity contribution in [2.75, 3.05) is 0 Å². The Hall–Kier alpha value is -1.80. The molecule has 2 aliphatic rings. The van der Waals surface area contributed by atoms with Gasteiger partial charge in [0.1, 0.15) is 23.9 Å². The number of thiophene rings is 1. The minimum Gasteiger partial charge on any atom is -0.388 e. The first-order valence-corrected chi connectivity index (χ1v) is 11.6. The van der Waals surface area contributed by atoms with Gasteiger partial charge in [0.25, 0.3) is 0 Å². The van der Waals surface area contributed by atoms with Crippen LogP contribution in [0.15, 0.2) is 48.7 Å². The van der Waals surface area contributed by atoms with Gasteiger partial charge in [-0.15, -0.1) is 11.3 Å². The summed E-state index contributed by atoms with van der Waals surface area (Å²) >= 11 is 8.30. The molecule has 1 saturated heterocycles. The topological polar surface area (TPSA) is 82.8 Å². The zero-order valence-corrected chi connectivity index (χ0v) is 18.6. The molecule has 1 aromatic carbocycles. The van der Waals surface area contributed by atoms with Gasteiger partial charge in [-0.25, -0.2) is 0 Å². The first kappa shape index (κ1) is 21.1. The zero-order chi connectivity index (χ0) is 21.8. The first-order valence-electron chi connectivity index (χ1n) is 10.4. The summed E-state index contributed by atoms with van der Waals surface area (Å²) in [6, 6.07) is 14.0. The maximum Gasteiger partial charge on any atom is 0.123 e. The van der Waals surface area contributed by atoms with Crippen molar-refractivity contribution in [3.63, 3.8) is 0 Å². The third-order valence-corrected chi connectivity index (χ3v) is 7.93. The minimum atomic E-state index is -1.26. The number of benzene rings is 1. The Morgan fingerprint density at radius 3 is 2.77 bits per heavy atom. The van der Waals surface area contributed by atoms with Crippen LogP contribution in [0.5, 0.6) is 0 Å². The number of pyridine rings is 1. The van der Waals surface area contributed by atoms with Gasteiger partial charge >= 0.3 is 0 Å². The molecule has 1 fully saturated rings.